The molecule has 0 radical (unpaired) electrons. The molecule has 0 bridgehead atoms. The van der Waals surface area contributed by atoms with E-state index in [0.717, 1.165) is 21.1 Å². The summed E-state index contributed by atoms with van der Waals surface area (Å²) < 4.78 is 6.69. The molecule has 0 aliphatic rings. The van der Waals surface area contributed by atoms with Gasteiger partial charge in [-0.25, -0.2) is 4.98 Å². The SMILES string of the molecule is COc1c(Br)cc(Br)cc1C(=O)NC(=S)Nc1cc(-c2nc3ccccc3[nH]2)ccc1Cl. The molecule has 4 aromatic rings. The number of carbonyl (C=O) groups is 1. The van der Waals surface area contributed by atoms with E-state index in [1.165, 1.54) is 7.11 Å². The molecule has 0 fully saturated rings. The third-order valence-corrected chi connectivity index (χ3v) is 6.14. The van der Waals surface area contributed by atoms with Crippen LogP contribution in [-0.4, -0.2) is 28.1 Å². The number of aromatic nitrogens is 2. The highest BCUT2D eigenvalue weighted by molar-refractivity contribution is 9.11. The minimum absolute atomic E-state index is 0.0943. The van der Waals surface area contributed by atoms with Crippen molar-refractivity contribution in [3.05, 3.63) is 74.1 Å². The number of fused-ring (bicyclic) bond motifs is 1. The number of ether oxygens (including phenoxy) is 1. The molecule has 6 nitrogen and oxygen atoms in total. The number of H-pyrrole nitrogens is 1. The first-order valence-corrected chi connectivity index (χ1v) is 11.6. The maximum atomic E-state index is 12.8. The number of methoxy groups -OCH3 is 1. The van der Waals surface area contributed by atoms with Crippen LogP contribution in [-0.2, 0) is 0 Å². The van der Waals surface area contributed by atoms with Crippen LogP contribution in [0, 0.1) is 0 Å². The summed E-state index contributed by atoms with van der Waals surface area (Å²) >= 11 is 18.5. The Kier molecular flexibility index (Phi) is 6.80. The number of nitrogens with one attached hydrogen (secondary N) is 3. The number of carbonyl (C=O) groups excluding carboxylic acids is 1. The van der Waals surface area contributed by atoms with Gasteiger partial charge in [-0.05, 0) is 70.6 Å². The van der Waals surface area contributed by atoms with Crippen molar-refractivity contribution in [3.63, 3.8) is 0 Å². The van der Waals surface area contributed by atoms with Gasteiger partial charge in [0, 0.05) is 10.0 Å². The van der Waals surface area contributed by atoms with Crippen molar-refractivity contribution in [2.75, 3.05) is 12.4 Å². The highest BCUT2D eigenvalue weighted by Crippen LogP contribution is 2.33. The fourth-order valence-corrected chi connectivity index (χ4v) is 4.87. The Labute approximate surface area is 211 Å². The number of hydrogen-bond acceptors (Lipinski definition) is 4. The Morgan fingerprint density at radius 2 is 1.94 bits per heavy atom. The van der Waals surface area contributed by atoms with Gasteiger partial charge in [-0.2, -0.15) is 0 Å². The summed E-state index contributed by atoms with van der Waals surface area (Å²) in [5, 5.41) is 6.19. The quantitative estimate of drug-likeness (QED) is 0.234. The molecule has 3 N–H and O–H groups in total. The Hall–Kier alpha value is -2.46. The van der Waals surface area contributed by atoms with Gasteiger partial charge >= 0.3 is 0 Å². The molecule has 10 heteroatoms. The van der Waals surface area contributed by atoms with E-state index in [-0.39, 0.29) is 5.11 Å². The molecule has 0 saturated heterocycles. The van der Waals surface area contributed by atoms with Gasteiger partial charge in [0.15, 0.2) is 5.11 Å². The van der Waals surface area contributed by atoms with E-state index in [1.54, 1.807) is 18.2 Å². The van der Waals surface area contributed by atoms with Gasteiger partial charge in [0.05, 0.1) is 38.9 Å². The predicted molar refractivity (Wildman–Crippen MR) is 139 cm³/mol. The lowest BCUT2D eigenvalue weighted by Crippen LogP contribution is -2.34. The Morgan fingerprint density at radius 1 is 1.16 bits per heavy atom. The summed E-state index contributed by atoms with van der Waals surface area (Å²) in [6.45, 7) is 0. The van der Waals surface area contributed by atoms with E-state index < -0.39 is 5.91 Å². The number of hydrogen-bond donors (Lipinski definition) is 3. The number of anilines is 1. The predicted octanol–water partition coefficient (Wildman–Crippen LogP) is 6.54. The summed E-state index contributed by atoms with van der Waals surface area (Å²) in [6, 6.07) is 16.6. The van der Waals surface area contributed by atoms with E-state index in [9.17, 15) is 4.79 Å². The summed E-state index contributed by atoms with van der Waals surface area (Å²) in [4.78, 5) is 20.7. The first-order chi connectivity index (χ1) is 15.4. The van der Waals surface area contributed by atoms with Crippen LogP contribution in [0.3, 0.4) is 0 Å². The molecule has 0 saturated carbocycles. The van der Waals surface area contributed by atoms with Crippen molar-refractivity contribution >= 4 is 83.4 Å². The first-order valence-electron chi connectivity index (χ1n) is 9.25. The fourth-order valence-electron chi connectivity index (χ4n) is 3.12. The van der Waals surface area contributed by atoms with Crippen molar-refractivity contribution < 1.29 is 9.53 Å². The van der Waals surface area contributed by atoms with Crippen LogP contribution in [0.25, 0.3) is 22.4 Å². The monoisotopic (exact) mass is 592 g/mol. The number of aromatic amines is 1. The highest BCUT2D eigenvalue weighted by Gasteiger charge is 2.18. The molecule has 0 aliphatic heterocycles. The molecule has 1 heterocycles. The number of benzene rings is 3. The molecule has 162 valence electrons. The lowest BCUT2D eigenvalue weighted by molar-refractivity contribution is 0.0974. The Bertz CT molecular complexity index is 1330. The molecule has 32 heavy (non-hydrogen) atoms. The smallest absolute Gasteiger partial charge is 0.261 e. The van der Waals surface area contributed by atoms with Crippen LogP contribution in [0.4, 0.5) is 5.69 Å². The van der Waals surface area contributed by atoms with Crippen molar-refractivity contribution in [2.24, 2.45) is 0 Å². The number of nitrogens with zero attached hydrogens (tertiary/aromatic N) is 1. The Balaban J connectivity index is 1.55. The standard InChI is InChI=1S/C22H15Br2ClN4O2S/c1-31-19-13(9-12(23)10-14(19)24)21(30)29-22(32)28-18-8-11(6-7-15(18)25)20-26-16-4-2-3-5-17(16)27-20/h2-10H,1H3,(H,26,27)(H2,28,29,30,32). The molecular weight excluding hydrogens is 580 g/mol. The van der Waals surface area contributed by atoms with Crippen LogP contribution in [0.5, 0.6) is 5.75 Å². The van der Waals surface area contributed by atoms with Gasteiger partial charge in [-0.1, -0.05) is 39.7 Å². The summed E-state index contributed by atoms with van der Waals surface area (Å²) in [7, 11) is 1.49. The van der Waals surface area contributed by atoms with Gasteiger partial charge in [0.1, 0.15) is 11.6 Å². The number of para-hydroxylation sites is 2. The molecule has 3 aromatic carbocycles. The summed E-state index contributed by atoms with van der Waals surface area (Å²) in [5.74, 6) is 0.675. The van der Waals surface area contributed by atoms with Gasteiger partial charge in [0.25, 0.3) is 5.91 Å². The molecule has 4 rings (SSSR count). The average molecular weight is 595 g/mol. The maximum Gasteiger partial charge on any atom is 0.261 e. The fraction of sp³-hybridized carbons (Fsp3) is 0.0455. The van der Waals surface area contributed by atoms with Crippen LogP contribution in [0.1, 0.15) is 10.4 Å². The molecule has 0 aliphatic carbocycles. The minimum atomic E-state index is -0.425. The van der Waals surface area contributed by atoms with Gasteiger partial charge in [0.2, 0.25) is 0 Å². The number of thiocarbonyl (C=S) groups is 1. The number of rotatable bonds is 4. The second-order valence-electron chi connectivity index (χ2n) is 6.67. The molecule has 0 spiro atoms. The molecule has 0 unspecified atom stereocenters. The second-order valence-corrected chi connectivity index (χ2v) is 9.26. The van der Waals surface area contributed by atoms with Crippen molar-refractivity contribution in [3.8, 4) is 17.1 Å². The van der Waals surface area contributed by atoms with Crippen LogP contribution < -0.4 is 15.4 Å². The highest BCUT2D eigenvalue weighted by atomic mass is 79.9. The van der Waals surface area contributed by atoms with Crippen LogP contribution >= 0.6 is 55.7 Å². The number of imidazole rings is 1. The van der Waals surface area contributed by atoms with Crippen molar-refractivity contribution in [2.45, 2.75) is 0 Å². The molecule has 1 amide bonds. The van der Waals surface area contributed by atoms with E-state index in [2.05, 4.69) is 52.5 Å². The zero-order valence-electron chi connectivity index (χ0n) is 16.5. The van der Waals surface area contributed by atoms with E-state index in [1.807, 2.05) is 36.4 Å². The lowest BCUT2D eigenvalue weighted by atomic mass is 10.2. The lowest BCUT2D eigenvalue weighted by Gasteiger charge is -2.14. The van der Waals surface area contributed by atoms with Gasteiger partial charge in [-0.15, -0.1) is 0 Å². The molecule has 1 aromatic heterocycles. The molecular formula is C22H15Br2ClN4O2S. The summed E-state index contributed by atoms with van der Waals surface area (Å²) in [5.41, 5.74) is 3.48. The Morgan fingerprint density at radius 3 is 2.69 bits per heavy atom. The summed E-state index contributed by atoms with van der Waals surface area (Å²) in [6.07, 6.45) is 0. The third kappa shape index (κ3) is 4.80. The maximum absolute atomic E-state index is 12.8. The largest absolute Gasteiger partial charge is 0.495 e. The van der Waals surface area contributed by atoms with Crippen molar-refractivity contribution in [1.29, 1.82) is 0 Å². The van der Waals surface area contributed by atoms with E-state index in [4.69, 9.17) is 28.6 Å². The topological polar surface area (TPSA) is 79.0 Å². The normalized spacial score (nSPS) is 10.8. The average Bonchev–Trinajstić information content (AvgIpc) is 3.19. The van der Waals surface area contributed by atoms with Crippen LogP contribution in [0.15, 0.2) is 63.5 Å². The zero-order chi connectivity index (χ0) is 22.8. The van der Waals surface area contributed by atoms with Crippen molar-refractivity contribution in [1.82, 2.24) is 15.3 Å². The van der Waals surface area contributed by atoms with Gasteiger partial charge < -0.3 is 15.0 Å². The molecule has 0 atom stereocenters. The third-order valence-electron chi connectivity index (χ3n) is 4.56. The second kappa shape index (κ2) is 9.58. The first kappa shape index (κ1) is 22.7. The number of amides is 1. The van der Waals surface area contributed by atoms with E-state index >= 15 is 0 Å². The minimum Gasteiger partial charge on any atom is -0.495 e. The number of halogens is 3. The van der Waals surface area contributed by atoms with Gasteiger partial charge in [-0.3, -0.25) is 10.1 Å². The zero-order valence-corrected chi connectivity index (χ0v) is 21.2. The van der Waals surface area contributed by atoms with E-state index in [0.29, 0.717) is 32.3 Å². The van der Waals surface area contributed by atoms with Crippen LogP contribution in [0.2, 0.25) is 5.02 Å².